The standard InChI is InChI=1S/C8H14N4OS/c1-12-6-10-11-8(12)14-5-7-4-9-2-3-13-7/h6-7,9H,2-5H2,1H3. The second-order valence-electron chi connectivity index (χ2n) is 3.23. The largest absolute Gasteiger partial charge is 0.375 e. The highest BCUT2D eigenvalue weighted by Gasteiger charge is 2.14. The van der Waals surface area contributed by atoms with Gasteiger partial charge in [-0.3, -0.25) is 0 Å². The number of nitrogens with one attached hydrogen (secondary N) is 1. The number of aryl methyl sites for hydroxylation is 1. The summed E-state index contributed by atoms with van der Waals surface area (Å²) in [6, 6.07) is 0. The first-order valence-corrected chi connectivity index (χ1v) is 5.64. The fourth-order valence-corrected chi connectivity index (χ4v) is 2.20. The average molecular weight is 214 g/mol. The fourth-order valence-electron chi connectivity index (χ4n) is 1.30. The molecule has 1 aromatic heterocycles. The number of morpholine rings is 1. The zero-order valence-electron chi connectivity index (χ0n) is 8.14. The minimum absolute atomic E-state index is 0.297. The highest BCUT2D eigenvalue weighted by molar-refractivity contribution is 7.99. The van der Waals surface area contributed by atoms with E-state index in [2.05, 4.69) is 15.5 Å². The van der Waals surface area contributed by atoms with Crippen molar-refractivity contribution in [1.29, 1.82) is 0 Å². The van der Waals surface area contributed by atoms with Gasteiger partial charge in [-0.25, -0.2) is 0 Å². The summed E-state index contributed by atoms with van der Waals surface area (Å²) in [7, 11) is 1.95. The van der Waals surface area contributed by atoms with Gasteiger partial charge in [-0.15, -0.1) is 10.2 Å². The number of rotatable bonds is 3. The van der Waals surface area contributed by atoms with Gasteiger partial charge in [0.1, 0.15) is 6.33 Å². The molecule has 1 N–H and O–H groups in total. The number of hydrogen-bond donors (Lipinski definition) is 1. The first-order chi connectivity index (χ1) is 6.86. The molecule has 5 nitrogen and oxygen atoms in total. The Morgan fingerprint density at radius 2 is 2.71 bits per heavy atom. The van der Waals surface area contributed by atoms with Gasteiger partial charge in [-0.2, -0.15) is 0 Å². The van der Waals surface area contributed by atoms with Crippen molar-refractivity contribution in [2.45, 2.75) is 11.3 Å². The van der Waals surface area contributed by atoms with Crippen LogP contribution in [0.15, 0.2) is 11.5 Å². The molecule has 14 heavy (non-hydrogen) atoms. The Balaban J connectivity index is 1.79. The van der Waals surface area contributed by atoms with Crippen LogP contribution in [-0.4, -0.2) is 46.3 Å². The molecular formula is C8H14N4OS. The van der Waals surface area contributed by atoms with Crippen molar-refractivity contribution < 1.29 is 4.74 Å². The van der Waals surface area contributed by atoms with Gasteiger partial charge in [0.15, 0.2) is 5.16 Å². The van der Waals surface area contributed by atoms with E-state index in [1.54, 1.807) is 18.1 Å². The Morgan fingerprint density at radius 3 is 3.36 bits per heavy atom. The summed E-state index contributed by atoms with van der Waals surface area (Å²) < 4.78 is 7.49. The lowest BCUT2D eigenvalue weighted by Crippen LogP contribution is -2.39. The van der Waals surface area contributed by atoms with Crippen LogP contribution in [0.25, 0.3) is 0 Å². The molecule has 0 spiro atoms. The van der Waals surface area contributed by atoms with Gasteiger partial charge in [0.25, 0.3) is 0 Å². The maximum Gasteiger partial charge on any atom is 0.190 e. The maximum absolute atomic E-state index is 5.58. The molecule has 0 aromatic carbocycles. The third-order valence-corrected chi connectivity index (χ3v) is 3.24. The molecule has 1 saturated heterocycles. The second kappa shape index (κ2) is 4.77. The van der Waals surface area contributed by atoms with Gasteiger partial charge < -0.3 is 14.6 Å². The number of hydrogen-bond acceptors (Lipinski definition) is 5. The van der Waals surface area contributed by atoms with E-state index in [-0.39, 0.29) is 0 Å². The lowest BCUT2D eigenvalue weighted by Gasteiger charge is -2.22. The van der Waals surface area contributed by atoms with Crippen LogP contribution in [0.2, 0.25) is 0 Å². The summed E-state index contributed by atoms with van der Waals surface area (Å²) >= 11 is 1.68. The van der Waals surface area contributed by atoms with E-state index in [4.69, 9.17) is 4.74 Å². The Kier molecular flexibility index (Phi) is 3.39. The van der Waals surface area contributed by atoms with Crippen LogP contribution in [-0.2, 0) is 11.8 Å². The van der Waals surface area contributed by atoms with Crippen molar-refractivity contribution in [3.8, 4) is 0 Å². The third kappa shape index (κ3) is 2.46. The molecule has 1 atom stereocenters. The van der Waals surface area contributed by atoms with E-state index in [9.17, 15) is 0 Å². The molecule has 78 valence electrons. The van der Waals surface area contributed by atoms with E-state index in [0.717, 1.165) is 30.6 Å². The number of aromatic nitrogens is 3. The van der Waals surface area contributed by atoms with E-state index >= 15 is 0 Å². The summed E-state index contributed by atoms with van der Waals surface area (Å²) in [6.07, 6.45) is 2.01. The Morgan fingerprint density at radius 1 is 1.79 bits per heavy atom. The first kappa shape index (κ1) is 9.95. The van der Waals surface area contributed by atoms with Gasteiger partial charge in [-0.05, 0) is 0 Å². The fraction of sp³-hybridized carbons (Fsp3) is 0.750. The van der Waals surface area contributed by atoms with Gasteiger partial charge in [-0.1, -0.05) is 11.8 Å². The molecule has 6 heteroatoms. The Labute approximate surface area is 87.2 Å². The third-order valence-electron chi connectivity index (χ3n) is 2.07. The lowest BCUT2D eigenvalue weighted by molar-refractivity contribution is 0.0440. The Hall–Kier alpha value is -0.590. The van der Waals surface area contributed by atoms with Crippen LogP contribution >= 0.6 is 11.8 Å². The van der Waals surface area contributed by atoms with Crippen LogP contribution in [0, 0.1) is 0 Å². The van der Waals surface area contributed by atoms with Crippen LogP contribution in [0.4, 0.5) is 0 Å². The lowest BCUT2D eigenvalue weighted by atomic mass is 10.3. The molecule has 1 unspecified atom stereocenters. The van der Waals surface area contributed by atoms with Crippen LogP contribution in [0.3, 0.4) is 0 Å². The summed E-state index contributed by atoms with van der Waals surface area (Å²) in [6.45, 7) is 2.71. The van der Waals surface area contributed by atoms with Gasteiger partial charge in [0, 0.05) is 25.9 Å². The van der Waals surface area contributed by atoms with Crippen LogP contribution < -0.4 is 5.32 Å². The van der Waals surface area contributed by atoms with Crippen molar-refractivity contribution >= 4 is 11.8 Å². The quantitative estimate of drug-likeness (QED) is 0.712. The maximum atomic E-state index is 5.58. The molecule has 1 aliphatic rings. The summed E-state index contributed by atoms with van der Waals surface area (Å²) in [5.74, 6) is 0.930. The van der Waals surface area contributed by atoms with Gasteiger partial charge in [0.2, 0.25) is 0 Å². The molecule has 0 saturated carbocycles. The zero-order valence-corrected chi connectivity index (χ0v) is 8.96. The van der Waals surface area contributed by atoms with Gasteiger partial charge in [0.05, 0.1) is 12.7 Å². The number of ether oxygens (including phenoxy) is 1. The molecule has 0 bridgehead atoms. The summed E-state index contributed by atoms with van der Waals surface area (Å²) in [4.78, 5) is 0. The normalized spacial score (nSPS) is 22.5. The van der Waals surface area contributed by atoms with Crippen LogP contribution in [0.5, 0.6) is 0 Å². The van der Waals surface area contributed by atoms with E-state index in [0.29, 0.717) is 6.10 Å². The molecule has 1 aromatic rings. The monoisotopic (exact) mass is 214 g/mol. The minimum Gasteiger partial charge on any atom is -0.375 e. The molecule has 0 amide bonds. The molecule has 0 aliphatic carbocycles. The van der Waals surface area contributed by atoms with E-state index in [1.807, 2.05) is 11.6 Å². The minimum atomic E-state index is 0.297. The molecule has 1 fully saturated rings. The molecule has 1 aliphatic heterocycles. The second-order valence-corrected chi connectivity index (χ2v) is 4.22. The highest BCUT2D eigenvalue weighted by atomic mass is 32.2. The Bertz CT molecular complexity index is 285. The van der Waals surface area contributed by atoms with E-state index in [1.165, 1.54) is 0 Å². The SMILES string of the molecule is Cn1cnnc1SCC1CNCCO1. The molecule has 2 heterocycles. The summed E-state index contributed by atoms with van der Waals surface area (Å²) in [5, 5.41) is 12.1. The van der Waals surface area contributed by atoms with Crippen LogP contribution in [0.1, 0.15) is 0 Å². The highest BCUT2D eigenvalue weighted by Crippen LogP contribution is 2.16. The molecule has 2 rings (SSSR count). The number of thioether (sulfide) groups is 1. The predicted molar refractivity (Wildman–Crippen MR) is 54.3 cm³/mol. The predicted octanol–water partition coefficient (Wildman–Crippen LogP) is -0.104. The topological polar surface area (TPSA) is 52.0 Å². The first-order valence-electron chi connectivity index (χ1n) is 4.65. The average Bonchev–Trinajstić information content (AvgIpc) is 2.63. The van der Waals surface area contributed by atoms with Crippen molar-refractivity contribution in [3.63, 3.8) is 0 Å². The van der Waals surface area contributed by atoms with E-state index < -0.39 is 0 Å². The summed E-state index contributed by atoms with van der Waals surface area (Å²) in [5.41, 5.74) is 0. The molecular weight excluding hydrogens is 200 g/mol. The van der Waals surface area contributed by atoms with Gasteiger partial charge >= 0.3 is 0 Å². The van der Waals surface area contributed by atoms with Crippen molar-refractivity contribution in [2.24, 2.45) is 7.05 Å². The zero-order chi connectivity index (χ0) is 9.80. The van der Waals surface area contributed by atoms with Crippen molar-refractivity contribution in [3.05, 3.63) is 6.33 Å². The smallest absolute Gasteiger partial charge is 0.190 e. The van der Waals surface area contributed by atoms with Crippen molar-refractivity contribution in [1.82, 2.24) is 20.1 Å². The molecule has 0 radical (unpaired) electrons. The number of nitrogens with zero attached hydrogens (tertiary/aromatic N) is 3. The van der Waals surface area contributed by atoms with Crippen molar-refractivity contribution in [2.75, 3.05) is 25.4 Å².